The summed E-state index contributed by atoms with van der Waals surface area (Å²) in [6.45, 7) is 5.49. The molecule has 0 amide bonds. The Morgan fingerprint density at radius 2 is 1.77 bits per heavy atom. The van der Waals surface area contributed by atoms with Gasteiger partial charge < -0.3 is 23.7 Å². The van der Waals surface area contributed by atoms with Gasteiger partial charge in [-0.25, -0.2) is 4.79 Å². The van der Waals surface area contributed by atoms with Gasteiger partial charge in [0.25, 0.3) is 0 Å². The van der Waals surface area contributed by atoms with Crippen molar-refractivity contribution in [2.45, 2.75) is 51.8 Å². The van der Waals surface area contributed by atoms with E-state index in [1.165, 1.54) is 12.1 Å². The Morgan fingerprint density at radius 1 is 1.20 bits per heavy atom. The molecule has 1 aromatic carbocycles. The van der Waals surface area contributed by atoms with E-state index < -0.39 is 18.4 Å². The van der Waals surface area contributed by atoms with E-state index >= 15 is 0 Å². The van der Waals surface area contributed by atoms with Crippen molar-refractivity contribution >= 4 is 12.3 Å². The molecule has 9 heteroatoms. The standard InChI is InChI=1S/C12H13F3O2.C9H16O4/c1-8-5-10(17-7-12(13,14)15)6-9(2)11(8)3-4-16;1-3-13-8(10)9(11-2)4-6-12-7-5-9/h4-6H,3,7H2,1-2H3;3-7H2,1-2H3. The first kappa shape index (κ1) is 25.9. The minimum Gasteiger partial charge on any atom is -0.484 e. The van der Waals surface area contributed by atoms with Crippen LogP contribution in [0, 0.1) is 13.8 Å². The molecule has 0 atom stereocenters. The van der Waals surface area contributed by atoms with Crippen molar-refractivity contribution in [3.8, 4) is 5.75 Å². The molecule has 0 radical (unpaired) electrons. The largest absolute Gasteiger partial charge is 0.484 e. The van der Waals surface area contributed by atoms with Crippen molar-refractivity contribution < 1.29 is 41.7 Å². The minimum absolute atomic E-state index is 0.173. The molecule has 170 valence electrons. The number of ether oxygens (including phenoxy) is 4. The Bertz CT molecular complexity index is 673. The number of aryl methyl sites for hydroxylation is 2. The highest BCUT2D eigenvalue weighted by atomic mass is 19.4. The van der Waals surface area contributed by atoms with Gasteiger partial charge in [0, 0.05) is 39.6 Å². The smallest absolute Gasteiger partial charge is 0.422 e. The van der Waals surface area contributed by atoms with Crippen LogP contribution in [0.25, 0.3) is 0 Å². The fraction of sp³-hybridized carbons (Fsp3) is 0.619. The average molecular weight is 434 g/mol. The van der Waals surface area contributed by atoms with Crippen LogP contribution in [0.1, 0.15) is 36.5 Å². The third-order valence-electron chi connectivity index (χ3n) is 4.70. The number of carbonyl (C=O) groups excluding carboxylic acids is 2. The van der Waals surface area contributed by atoms with Crippen molar-refractivity contribution in [3.63, 3.8) is 0 Å². The molecule has 1 saturated heterocycles. The van der Waals surface area contributed by atoms with Crippen molar-refractivity contribution in [2.75, 3.05) is 33.5 Å². The van der Waals surface area contributed by atoms with Gasteiger partial charge in [0.1, 0.15) is 12.0 Å². The van der Waals surface area contributed by atoms with Crippen LogP contribution in [0.3, 0.4) is 0 Å². The number of rotatable bonds is 7. The van der Waals surface area contributed by atoms with Gasteiger partial charge in [-0.05, 0) is 49.6 Å². The summed E-state index contributed by atoms with van der Waals surface area (Å²) in [7, 11) is 1.54. The molecule has 1 aliphatic rings. The third-order valence-corrected chi connectivity index (χ3v) is 4.70. The van der Waals surface area contributed by atoms with E-state index in [1.54, 1.807) is 27.9 Å². The van der Waals surface area contributed by atoms with Crippen LogP contribution in [0.5, 0.6) is 5.75 Å². The maximum absolute atomic E-state index is 12.0. The lowest BCUT2D eigenvalue weighted by Crippen LogP contribution is -2.46. The molecule has 0 aromatic heterocycles. The minimum atomic E-state index is -4.34. The topological polar surface area (TPSA) is 71.1 Å². The van der Waals surface area contributed by atoms with Crippen LogP contribution in [0.15, 0.2) is 12.1 Å². The molecule has 6 nitrogen and oxygen atoms in total. The normalized spacial score (nSPS) is 15.6. The molecule has 0 N–H and O–H groups in total. The number of halogens is 3. The van der Waals surface area contributed by atoms with Crippen LogP contribution in [0.2, 0.25) is 0 Å². The Morgan fingerprint density at radius 3 is 2.20 bits per heavy atom. The highest BCUT2D eigenvalue weighted by molar-refractivity contribution is 5.79. The van der Waals surface area contributed by atoms with Gasteiger partial charge in [0.2, 0.25) is 0 Å². The van der Waals surface area contributed by atoms with Gasteiger partial charge in [0.15, 0.2) is 12.2 Å². The van der Waals surface area contributed by atoms with Crippen LogP contribution < -0.4 is 4.74 Å². The molecule has 30 heavy (non-hydrogen) atoms. The maximum Gasteiger partial charge on any atom is 0.422 e. The lowest BCUT2D eigenvalue weighted by Gasteiger charge is -2.33. The highest BCUT2D eigenvalue weighted by Gasteiger charge is 2.41. The van der Waals surface area contributed by atoms with E-state index in [0.717, 1.165) is 23.0 Å². The van der Waals surface area contributed by atoms with Crippen molar-refractivity contribution in [1.82, 2.24) is 0 Å². The first-order chi connectivity index (χ1) is 14.1. The Kier molecular flexibility index (Phi) is 10.3. The molecule has 1 aromatic rings. The number of hydrogen-bond donors (Lipinski definition) is 0. The number of benzene rings is 1. The van der Waals surface area contributed by atoms with Crippen molar-refractivity contribution in [1.29, 1.82) is 0 Å². The second-order valence-electron chi connectivity index (χ2n) is 6.84. The highest BCUT2D eigenvalue weighted by Crippen LogP contribution is 2.26. The number of hydrogen-bond acceptors (Lipinski definition) is 6. The molecule has 1 fully saturated rings. The second-order valence-corrected chi connectivity index (χ2v) is 6.84. The summed E-state index contributed by atoms with van der Waals surface area (Å²) >= 11 is 0. The van der Waals surface area contributed by atoms with Crippen molar-refractivity contribution in [2.24, 2.45) is 0 Å². The number of methoxy groups -OCH3 is 1. The van der Waals surface area contributed by atoms with Gasteiger partial charge in [-0.15, -0.1) is 0 Å². The fourth-order valence-corrected chi connectivity index (χ4v) is 3.06. The zero-order chi connectivity index (χ0) is 22.8. The first-order valence-electron chi connectivity index (χ1n) is 9.62. The Balaban J connectivity index is 0.000000311. The molecule has 0 bridgehead atoms. The van der Waals surface area contributed by atoms with Crippen LogP contribution in [0.4, 0.5) is 13.2 Å². The number of carbonyl (C=O) groups is 2. The molecule has 1 heterocycles. The molecular weight excluding hydrogens is 405 g/mol. The van der Waals surface area contributed by atoms with Crippen molar-refractivity contribution in [3.05, 3.63) is 28.8 Å². The summed E-state index contributed by atoms with van der Waals surface area (Å²) < 4.78 is 55.9. The monoisotopic (exact) mass is 434 g/mol. The Hall–Kier alpha value is -2.13. The summed E-state index contributed by atoms with van der Waals surface area (Å²) in [5.74, 6) is -0.0900. The molecule has 1 aliphatic heterocycles. The van der Waals surface area contributed by atoms with Gasteiger partial charge >= 0.3 is 12.1 Å². The molecular formula is C21H29F3O6. The summed E-state index contributed by atoms with van der Waals surface area (Å²) in [6, 6.07) is 3.02. The third kappa shape index (κ3) is 7.95. The number of aldehydes is 1. The zero-order valence-electron chi connectivity index (χ0n) is 17.8. The van der Waals surface area contributed by atoms with Gasteiger partial charge in [0.05, 0.1) is 6.61 Å². The summed E-state index contributed by atoms with van der Waals surface area (Å²) in [5.41, 5.74) is 1.59. The van der Waals surface area contributed by atoms with Gasteiger partial charge in [-0.1, -0.05) is 0 Å². The lowest BCUT2D eigenvalue weighted by atomic mass is 9.94. The number of alkyl halides is 3. The quantitative estimate of drug-likeness (QED) is 0.481. The predicted octanol–water partition coefficient (Wildman–Crippen LogP) is 3.73. The molecule has 0 saturated carbocycles. The van der Waals surface area contributed by atoms with E-state index in [1.807, 2.05) is 0 Å². The van der Waals surface area contributed by atoms with Crippen LogP contribution in [-0.4, -0.2) is 57.6 Å². The number of esters is 1. The second kappa shape index (κ2) is 11.9. The molecule has 0 aliphatic carbocycles. The summed E-state index contributed by atoms with van der Waals surface area (Å²) in [6.07, 6.45) is -2.14. The lowest BCUT2D eigenvalue weighted by molar-refractivity contribution is -0.179. The fourth-order valence-electron chi connectivity index (χ4n) is 3.06. The molecule has 0 spiro atoms. The maximum atomic E-state index is 12.0. The molecule has 0 unspecified atom stereocenters. The summed E-state index contributed by atoms with van der Waals surface area (Å²) in [4.78, 5) is 22.0. The van der Waals surface area contributed by atoms with Gasteiger partial charge in [-0.3, -0.25) is 0 Å². The summed E-state index contributed by atoms with van der Waals surface area (Å²) in [5, 5.41) is 0. The first-order valence-corrected chi connectivity index (χ1v) is 9.62. The van der Waals surface area contributed by atoms with E-state index in [0.29, 0.717) is 32.7 Å². The van der Waals surface area contributed by atoms with E-state index in [2.05, 4.69) is 4.74 Å². The van der Waals surface area contributed by atoms with Crippen LogP contribution >= 0.6 is 0 Å². The predicted molar refractivity (Wildman–Crippen MR) is 104 cm³/mol. The van der Waals surface area contributed by atoms with E-state index in [9.17, 15) is 22.8 Å². The SMILES string of the molecule is CCOC(=O)C1(OC)CCOCC1.Cc1cc(OCC(F)(F)F)cc(C)c1CC=O. The van der Waals surface area contributed by atoms with Gasteiger partial charge in [-0.2, -0.15) is 13.2 Å². The zero-order valence-corrected chi connectivity index (χ0v) is 17.8. The average Bonchev–Trinajstić information content (AvgIpc) is 2.70. The van der Waals surface area contributed by atoms with E-state index in [-0.39, 0.29) is 18.1 Å². The van der Waals surface area contributed by atoms with E-state index in [4.69, 9.17) is 14.2 Å². The molecule has 2 rings (SSSR count). The van der Waals surface area contributed by atoms with Crippen LogP contribution in [-0.2, 0) is 30.2 Å². The Labute approximate surface area is 174 Å².